The topological polar surface area (TPSA) is 66.6 Å². The molecule has 0 radical (unpaired) electrons. The molecule has 21 heavy (non-hydrogen) atoms. The average Bonchev–Trinajstić information content (AvgIpc) is 2.53. The zero-order valence-corrected chi connectivity index (χ0v) is 12.9. The smallest absolute Gasteiger partial charge is 0.254 e. The van der Waals surface area contributed by atoms with E-state index in [9.17, 15) is 9.90 Å². The summed E-state index contributed by atoms with van der Waals surface area (Å²) in [4.78, 5) is 14.8. The van der Waals surface area contributed by atoms with Gasteiger partial charge < -0.3 is 15.7 Å². The lowest BCUT2D eigenvalue weighted by Gasteiger charge is -2.34. The Morgan fingerprint density at radius 1 is 1.29 bits per heavy atom. The Bertz CT molecular complexity index is 513. The average molecular weight is 306 g/mol. The Labute approximate surface area is 130 Å². The molecule has 2 rings (SSSR count). The van der Waals surface area contributed by atoms with Gasteiger partial charge in [0.25, 0.3) is 5.91 Å². The van der Waals surface area contributed by atoms with E-state index in [1.165, 1.54) is 6.42 Å². The molecular formula is C16H22N2O2S. The zero-order valence-electron chi connectivity index (χ0n) is 12.1. The van der Waals surface area contributed by atoms with Gasteiger partial charge in [-0.05, 0) is 25.0 Å². The molecule has 1 aliphatic rings. The molecule has 1 aromatic carbocycles. The van der Waals surface area contributed by atoms with Crippen LogP contribution in [0.2, 0.25) is 0 Å². The Morgan fingerprint density at radius 2 is 1.95 bits per heavy atom. The third kappa shape index (κ3) is 4.02. The highest BCUT2D eigenvalue weighted by Gasteiger charge is 2.25. The van der Waals surface area contributed by atoms with Gasteiger partial charge in [0.1, 0.15) is 4.99 Å². The molecule has 0 spiro atoms. The Kier molecular flexibility index (Phi) is 5.70. The minimum absolute atomic E-state index is 0.0166. The van der Waals surface area contributed by atoms with E-state index in [0.29, 0.717) is 17.7 Å². The quantitative estimate of drug-likeness (QED) is 0.818. The molecule has 0 aromatic heterocycles. The second-order valence-electron chi connectivity index (χ2n) is 5.46. The normalized spacial score (nSPS) is 15.7. The number of carbonyl (C=O) groups is 1. The predicted molar refractivity (Wildman–Crippen MR) is 87.3 cm³/mol. The summed E-state index contributed by atoms with van der Waals surface area (Å²) in [6.45, 7) is 0.359. The number of rotatable bonds is 5. The van der Waals surface area contributed by atoms with Gasteiger partial charge in [0.15, 0.2) is 0 Å². The van der Waals surface area contributed by atoms with Crippen molar-refractivity contribution in [2.45, 2.75) is 38.1 Å². The van der Waals surface area contributed by atoms with Crippen molar-refractivity contribution in [1.29, 1.82) is 0 Å². The highest BCUT2D eigenvalue weighted by atomic mass is 32.1. The van der Waals surface area contributed by atoms with Crippen LogP contribution in [0.1, 0.15) is 48.0 Å². The van der Waals surface area contributed by atoms with Crippen LogP contribution in [-0.2, 0) is 0 Å². The number of aliphatic hydroxyl groups is 1. The number of hydrogen-bond donors (Lipinski definition) is 2. The number of nitrogens with two attached hydrogens (primary N) is 1. The number of amides is 1. The van der Waals surface area contributed by atoms with Crippen molar-refractivity contribution in [3.8, 4) is 0 Å². The second-order valence-corrected chi connectivity index (χ2v) is 5.90. The van der Waals surface area contributed by atoms with Crippen molar-refractivity contribution < 1.29 is 9.90 Å². The van der Waals surface area contributed by atoms with Crippen molar-refractivity contribution in [2.24, 2.45) is 5.73 Å². The van der Waals surface area contributed by atoms with Gasteiger partial charge in [-0.3, -0.25) is 4.79 Å². The third-order valence-electron chi connectivity index (χ3n) is 4.01. The van der Waals surface area contributed by atoms with Gasteiger partial charge in [0, 0.05) is 23.7 Å². The number of hydrogen-bond acceptors (Lipinski definition) is 3. The zero-order chi connectivity index (χ0) is 15.2. The lowest BCUT2D eigenvalue weighted by Crippen LogP contribution is -2.43. The van der Waals surface area contributed by atoms with Gasteiger partial charge in [-0.2, -0.15) is 0 Å². The van der Waals surface area contributed by atoms with Crippen molar-refractivity contribution in [3.05, 3.63) is 35.4 Å². The standard InChI is InChI=1S/C16H22N2O2S/c17-15(21)12-5-4-6-13(11-12)16(20)18(9-10-19)14-7-2-1-3-8-14/h4-6,11,14,19H,1-3,7-10H2,(H2,17,21). The minimum atomic E-state index is -0.0472. The van der Waals surface area contributed by atoms with Gasteiger partial charge >= 0.3 is 0 Å². The molecule has 0 heterocycles. The summed E-state index contributed by atoms with van der Waals surface area (Å²) in [6.07, 6.45) is 5.55. The number of thiocarbonyl (C=S) groups is 1. The van der Waals surface area contributed by atoms with E-state index in [2.05, 4.69) is 0 Å². The van der Waals surface area contributed by atoms with E-state index in [4.69, 9.17) is 18.0 Å². The number of carbonyl (C=O) groups excluding carboxylic acids is 1. The maximum absolute atomic E-state index is 12.7. The fourth-order valence-electron chi connectivity index (χ4n) is 2.92. The van der Waals surface area contributed by atoms with E-state index in [-0.39, 0.29) is 23.5 Å². The molecule has 3 N–H and O–H groups in total. The van der Waals surface area contributed by atoms with Crippen LogP contribution in [-0.4, -0.2) is 40.1 Å². The Balaban J connectivity index is 2.20. The Hall–Kier alpha value is -1.46. The Morgan fingerprint density at radius 3 is 2.57 bits per heavy atom. The summed E-state index contributed by atoms with van der Waals surface area (Å²) in [6, 6.07) is 7.33. The highest BCUT2D eigenvalue weighted by molar-refractivity contribution is 7.80. The molecule has 1 aliphatic carbocycles. The molecule has 1 fully saturated rings. The third-order valence-corrected chi connectivity index (χ3v) is 4.25. The van der Waals surface area contributed by atoms with Crippen LogP contribution in [0.5, 0.6) is 0 Å². The number of aliphatic hydroxyl groups excluding tert-OH is 1. The van der Waals surface area contributed by atoms with Crippen LogP contribution in [0.15, 0.2) is 24.3 Å². The minimum Gasteiger partial charge on any atom is -0.395 e. The largest absolute Gasteiger partial charge is 0.395 e. The molecule has 1 aromatic rings. The van der Waals surface area contributed by atoms with Crippen LogP contribution in [0, 0.1) is 0 Å². The van der Waals surface area contributed by atoms with Crippen molar-refractivity contribution in [2.75, 3.05) is 13.2 Å². The van der Waals surface area contributed by atoms with Crippen molar-refractivity contribution >= 4 is 23.1 Å². The SMILES string of the molecule is NC(=S)c1cccc(C(=O)N(CCO)C2CCCCC2)c1. The van der Waals surface area contributed by atoms with E-state index < -0.39 is 0 Å². The van der Waals surface area contributed by atoms with E-state index >= 15 is 0 Å². The summed E-state index contributed by atoms with van der Waals surface area (Å²) in [5.41, 5.74) is 6.91. The molecule has 0 aliphatic heterocycles. The van der Waals surface area contributed by atoms with Gasteiger partial charge in [0.05, 0.1) is 6.61 Å². The van der Waals surface area contributed by atoms with Crippen LogP contribution < -0.4 is 5.73 Å². The van der Waals surface area contributed by atoms with E-state index in [1.807, 2.05) is 0 Å². The summed E-state index contributed by atoms with van der Waals surface area (Å²) in [5, 5.41) is 9.27. The summed E-state index contributed by atoms with van der Waals surface area (Å²) in [7, 11) is 0. The van der Waals surface area contributed by atoms with Crippen molar-refractivity contribution in [3.63, 3.8) is 0 Å². The molecule has 5 heteroatoms. The molecule has 114 valence electrons. The lowest BCUT2D eigenvalue weighted by molar-refractivity contribution is 0.0585. The van der Waals surface area contributed by atoms with Crippen LogP contribution in [0.25, 0.3) is 0 Å². The monoisotopic (exact) mass is 306 g/mol. The van der Waals surface area contributed by atoms with Crippen LogP contribution in [0.3, 0.4) is 0 Å². The molecule has 1 amide bonds. The summed E-state index contributed by atoms with van der Waals surface area (Å²) >= 11 is 4.96. The molecule has 0 bridgehead atoms. The molecule has 0 saturated heterocycles. The van der Waals surface area contributed by atoms with E-state index in [1.54, 1.807) is 29.2 Å². The van der Waals surface area contributed by atoms with Gasteiger partial charge in [0.2, 0.25) is 0 Å². The first-order valence-electron chi connectivity index (χ1n) is 7.45. The lowest BCUT2D eigenvalue weighted by atomic mass is 9.93. The van der Waals surface area contributed by atoms with Gasteiger partial charge in [-0.25, -0.2) is 0 Å². The van der Waals surface area contributed by atoms with Crippen LogP contribution >= 0.6 is 12.2 Å². The highest BCUT2D eigenvalue weighted by Crippen LogP contribution is 2.24. The number of benzene rings is 1. The first kappa shape index (κ1) is 15.9. The van der Waals surface area contributed by atoms with Crippen molar-refractivity contribution in [1.82, 2.24) is 4.90 Å². The maximum Gasteiger partial charge on any atom is 0.254 e. The van der Waals surface area contributed by atoms with E-state index in [0.717, 1.165) is 25.7 Å². The fraction of sp³-hybridized carbons (Fsp3) is 0.500. The molecular weight excluding hydrogens is 284 g/mol. The first-order valence-corrected chi connectivity index (χ1v) is 7.86. The summed E-state index contributed by atoms with van der Waals surface area (Å²) in [5.74, 6) is -0.0472. The molecule has 0 atom stereocenters. The van der Waals surface area contributed by atoms with Gasteiger partial charge in [-0.15, -0.1) is 0 Å². The predicted octanol–water partition coefficient (Wildman–Crippen LogP) is 2.09. The molecule has 0 unspecified atom stereocenters. The first-order chi connectivity index (χ1) is 10.1. The fourth-order valence-corrected chi connectivity index (χ4v) is 3.05. The van der Waals surface area contributed by atoms with Gasteiger partial charge in [-0.1, -0.05) is 43.6 Å². The number of nitrogens with zero attached hydrogens (tertiary/aromatic N) is 1. The molecule has 1 saturated carbocycles. The maximum atomic E-state index is 12.7. The summed E-state index contributed by atoms with van der Waals surface area (Å²) < 4.78 is 0. The second kappa shape index (κ2) is 7.52. The molecule has 4 nitrogen and oxygen atoms in total. The van der Waals surface area contributed by atoms with Crippen LogP contribution in [0.4, 0.5) is 0 Å².